The number of carbonyl (C=O) groups is 3. The number of unbranched alkanes of at least 4 members (excludes halogenated alkanes) is 1. The van der Waals surface area contributed by atoms with Crippen LogP contribution in [0.25, 0.3) is 0 Å². The van der Waals surface area contributed by atoms with E-state index in [1.165, 1.54) is 0 Å². The Balaban J connectivity index is 5.17. The lowest BCUT2D eigenvalue weighted by Crippen LogP contribution is -2.18. The molecule has 0 spiro atoms. The highest BCUT2D eigenvalue weighted by Crippen LogP contribution is 2.19. The van der Waals surface area contributed by atoms with Crippen LogP contribution in [0.3, 0.4) is 0 Å². The number of esters is 3. The molecule has 0 aromatic heterocycles. The number of carbonyl (C=O) groups excluding carboxylic acids is 3. The van der Waals surface area contributed by atoms with E-state index >= 15 is 0 Å². The quantitative estimate of drug-likeness (QED) is 0.186. The molecule has 0 amide bonds. The van der Waals surface area contributed by atoms with E-state index in [0.717, 1.165) is 21.3 Å². The zero-order valence-corrected chi connectivity index (χ0v) is 14.4. The topological polar surface area (TPSA) is 142 Å². The molecule has 0 bridgehead atoms. The minimum Gasteiger partial charge on any atom is -0.469 e. The summed E-state index contributed by atoms with van der Waals surface area (Å²) >= 11 is 0. The van der Waals surface area contributed by atoms with Crippen molar-refractivity contribution in [2.24, 2.45) is 0 Å². The number of hydrogen-bond acceptors (Lipinski definition) is 9. The molecular weight excluding hydrogens is 348 g/mol. The standard InChI is InChI=1S/C13H20O10S/c1-20-11(14)8-10(13(16)22-3)9(12(15)21-2)6-4-5-7-23-24(17,18)19/h4-8H2,1-3H3,(H,17,18,19). The SMILES string of the molecule is COC(=O)CC(C(=O)OC)=C(CCCCOS(=O)(=O)O)C(=O)OC. The van der Waals surface area contributed by atoms with Crippen LogP contribution in [0.2, 0.25) is 0 Å². The largest absolute Gasteiger partial charge is 0.469 e. The summed E-state index contributed by atoms with van der Waals surface area (Å²) in [6, 6.07) is 0. The van der Waals surface area contributed by atoms with E-state index in [4.69, 9.17) is 4.55 Å². The molecule has 0 aliphatic rings. The van der Waals surface area contributed by atoms with Crippen molar-refractivity contribution in [3.05, 3.63) is 11.1 Å². The number of rotatable bonds is 10. The predicted molar refractivity (Wildman–Crippen MR) is 79.0 cm³/mol. The fourth-order valence-corrected chi connectivity index (χ4v) is 2.04. The van der Waals surface area contributed by atoms with E-state index in [1.54, 1.807) is 0 Å². The molecule has 0 aromatic rings. The van der Waals surface area contributed by atoms with Gasteiger partial charge in [0.25, 0.3) is 0 Å². The van der Waals surface area contributed by atoms with Gasteiger partial charge < -0.3 is 14.2 Å². The molecule has 0 unspecified atom stereocenters. The van der Waals surface area contributed by atoms with Gasteiger partial charge in [0, 0.05) is 5.57 Å². The molecule has 0 aliphatic carbocycles. The van der Waals surface area contributed by atoms with Crippen molar-refractivity contribution in [2.45, 2.75) is 25.7 Å². The summed E-state index contributed by atoms with van der Waals surface area (Å²) in [6.07, 6.45) is -0.0906. The van der Waals surface area contributed by atoms with Gasteiger partial charge in [-0.05, 0) is 19.3 Å². The van der Waals surface area contributed by atoms with Crippen molar-refractivity contribution in [1.82, 2.24) is 0 Å². The Morgan fingerprint density at radius 1 is 0.875 bits per heavy atom. The molecule has 10 nitrogen and oxygen atoms in total. The lowest BCUT2D eigenvalue weighted by Gasteiger charge is -2.12. The van der Waals surface area contributed by atoms with E-state index in [-0.39, 0.29) is 37.0 Å². The minimum absolute atomic E-state index is 0.00291. The zero-order valence-electron chi connectivity index (χ0n) is 13.6. The van der Waals surface area contributed by atoms with Gasteiger partial charge in [-0.3, -0.25) is 9.35 Å². The molecule has 0 radical (unpaired) electrons. The molecule has 138 valence electrons. The number of ether oxygens (including phenoxy) is 3. The van der Waals surface area contributed by atoms with Crippen LogP contribution in [0.5, 0.6) is 0 Å². The smallest absolute Gasteiger partial charge is 0.397 e. The predicted octanol–water partition coefficient (Wildman–Crippen LogP) is 0.182. The maximum Gasteiger partial charge on any atom is 0.397 e. The highest BCUT2D eigenvalue weighted by Gasteiger charge is 2.24. The maximum atomic E-state index is 11.9. The van der Waals surface area contributed by atoms with Gasteiger partial charge in [-0.15, -0.1) is 0 Å². The average Bonchev–Trinajstić information content (AvgIpc) is 2.53. The van der Waals surface area contributed by atoms with Crippen molar-refractivity contribution in [3.8, 4) is 0 Å². The highest BCUT2D eigenvalue weighted by molar-refractivity contribution is 7.80. The molecule has 0 aromatic carbocycles. The molecule has 0 heterocycles. The molecule has 0 atom stereocenters. The van der Waals surface area contributed by atoms with E-state index in [1.807, 2.05) is 0 Å². The normalized spacial score (nSPS) is 12.2. The van der Waals surface area contributed by atoms with Crippen molar-refractivity contribution in [2.75, 3.05) is 27.9 Å². The third kappa shape index (κ3) is 8.60. The Hall–Kier alpha value is -1.98. The van der Waals surface area contributed by atoms with Gasteiger partial charge in [-0.2, -0.15) is 8.42 Å². The molecule has 0 aliphatic heterocycles. The lowest BCUT2D eigenvalue weighted by atomic mass is 9.99. The van der Waals surface area contributed by atoms with Crippen LogP contribution >= 0.6 is 0 Å². The molecule has 11 heteroatoms. The number of methoxy groups -OCH3 is 3. The average molecular weight is 368 g/mol. The molecule has 0 rings (SSSR count). The van der Waals surface area contributed by atoms with E-state index < -0.39 is 34.7 Å². The van der Waals surface area contributed by atoms with Crippen LogP contribution in [-0.2, 0) is 43.2 Å². The summed E-state index contributed by atoms with van der Waals surface area (Å²) < 4.78 is 47.0. The van der Waals surface area contributed by atoms with Crippen molar-refractivity contribution < 1.29 is 45.7 Å². The van der Waals surface area contributed by atoms with Crippen LogP contribution in [0.1, 0.15) is 25.7 Å². The van der Waals surface area contributed by atoms with Gasteiger partial charge in [0.05, 0.1) is 39.9 Å². The van der Waals surface area contributed by atoms with E-state index in [2.05, 4.69) is 18.4 Å². The monoisotopic (exact) mass is 368 g/mol. The van der Waals surface area contributed by atoms with Crippen LogP contribution in [-0.4, -0.2) is 58.8 Å². The lowest BCUT2D eigenvalue weighted by molar-refractivity contribution is -0.143. The molecule has 24 heavy (non-hydrogen) atoms. The highest BCUT2D eigenvalue weighted by atomic mass is 32.3. The van der Waals surface area contributed by atoms with Crippen molar-refractivity contribution in [3.63, 3.8) is 0 Å². The Morgan fingerprint density at radius 2 is 1.42 bits per heavy atom. The first kappa shape index (κ1) is 22.0. The van der Waals surface area contributed by atoms with Crippen LogP contribution < -0.4 is 0 Å². The number of hydrogen-bond donors (Lipinski definition) is 1. The summed E-state index contributed by atoms with van der Waals surface area (Å²) in [5.74, 6) is -2.45. The first-order valence-electron chi connectivity index (χ1n) is 6.73. The Bertz CT molecular complexity index is 590. The van der Waals surface area contributed by atoms with E-state index in [0.29, 0.717) is 0 Å². The minimum atomic E-state index is -4.54. The second kappa shape index (κ2) is 10.7. The summed E-state index contributed by atoms with van der Waals surface area (Å²) in [6.45, 7) is -0.308. The maximum absolute atomic E-state index is 11.9. The van der Waals surface area contributed by atoms with Crippen LogP contribution in [0.15, 0.2) is 11.1 Å². The second-order valence-electron chi connectivity index (χ2n) is 4.40. The molecule has 0 saturated carbocycles. The molecule has 0 saturated heterocycles. The Labute approximate surface area is 139 Å². The Kier molecular flexibility index (Phi) is 9.85. The first-order valence-corrected chi connectivity index (χ1v) is 8.10. The Morgan fingerprint density at radius 3 is 1.88 bits per heavy atom. The van der Waals surface area contributed by atoms with Gasteiger partial charge in [-0.1, -0.05) is 0 Å². The third-order valence-electron chi connectivity index (χ3n) is 2.83. The molecule has 0 fully saturated rings. The molecule has 1 N–H and O–H groups in total. The van der Waals surface area contributed by atoms with Crippen molar-refractivity contribution >= 4 is 28.3 Å². The van der Waals surface area contributed by atoms with Gasteiger partial charge in [0.15, 0.2) is 0 Å². The fraction of sp³-hybridized carbons (Fsp3) is 0.615. The third-order valence-corrected chi connectivity index (χ3v) is 3.29. The van der Waals surface area contributed by atoms with Crippen LogP contribution in [0, 0.1) is 0 Å². The van der Waals surface area contributed by atoms with Gasteiger partial charge >= 0.3 is 28.3 Å². The van der Waals surface area contributed by atoms with Crippen molar-refractivity contribution in [1.29, 1.82) is 0 Å². The summed E-state index contributed by atoms with van der Waals surface area (Å²) in [5, 5.41) is 0. The zero-order chi connectivity index (χ0) is 18.8. The van der Waals surface area contributed by atoms with Crippen LogP contribution in [0.4, 0.5) is 0 Å². The summed E-state index contributed by atoms with van der Waals surface area (Å²) in [4.78, 5) is 35.1. The fourth-order valence-electron chi connectivity index (χ4n) is 1.71. The van der Waals surface area contributed by atoms with Gasteiger partial charge in [-0.25, -0.2) is 13.8 Å². The molecular formula is C13H20O10S. The van der Waals surface area contributed by atoms with E-state index in [9.17, 15) is 22.8 Å². The van der Waals surface area contributed by atoms with Gasteiger partial charge in [0.1, 0.15) is 0 Å². The van der Waals surface area contributed by atoms with Gasteiger partial charge in [0.2, 0.25) is 0 Å². The second-order valence-corrected chi connectivity index (χ2v) is 5.49. The summed E-state index contributed by atoms with van der Waals surface area (Å²) in [7, 11) is -1.21. The summed E-state index contributed by atoms with van der Waals surface area (Å²) in [5.41, 5.74) is -0.284. The first-order chi connectivity index (χ1) is 11.2.